The number of hydrogen-bond donors (Lipinski definition) is 2. The molecule has 6 nitrogen and oxygen atoms in total. The van der Waals surface area contributed by atoms with E-state index in [1.807, 2.05) is 6.92 Å². The van der Waals surface area contributed by atoms with Gasteiger partial charge in [-0.25, -0.2) is 4.98 Å². The molecule has 0 atom stereocenters. The van der Waals surface area contributed by atoms with Gasteiger partial charge in [0, 0.05) is 17.8 Å². The Labute approximate surface area is 146 Å². The number of rotatable bonds is 7. The maximum Gasteiger partial charge on any atom is 0.274 e. The van der Waals surface area contributed by atoms with E-state index in [0.717, 1.165) is 12.8 Å². The number of anilines is 1. The summed E-state index contributed by atoms with van der Waals surface area (Å²) in [5.74, 6) is -0.756. The predicted octanol–water partition coefficient (Wildman–Crippen LogP) is 3.07. The fraction of sp³-hybridized carbons (Fsp3) is 0.263. The number of nitrogens with one attached hydrogen (secondary N) is 2. The number of ketones is 1. The van der Waals surface area contributed by atoms with Gasteiger partial charge in [-0.3, -0.25) is 14.4 Å². The summed E-state index contributed by atoms with van der Waals surface area (Å²) < 4.78 is 0. The normalized spacial score (nSPS) is 10.2. The Balaban J connectivity index is 2.05. The number of amides is 2. The molecule has 2 rings (SSSR count). The quantitative estimate of drug-likeness (QED) is 0.599. The Bertz CT molecular complexity index is 770. The van der Waals surface area contributed by atoms with E-state index in [1.54, 1.807) is 42.5 Å². The summed E-state index contributed by atoms with van der Waals surface area (Å²) in [5.41, 5.74) is 1.48. The SMILES string of the molecule is CCCCNC(=O)c1cccc(C(=O)Nc2ccc(C(C)=O)cc2)n1. The van der Waals surface area contributed by atoms with Crippen molar-refractivity contribution in [2.75, 3.05) is 11.9 Å². The highest BCUT2D eigenvalue weighted by Crippen LogP contribution is 2.11. The van der Waals surface area contributed by atoms with Gasteiger partial charge >= 0.3 is 0 Å². The molecule has 0 aliphatic heterocycles. The van der Waals surface area contributed by atoms with Crippen LogP contribution in [0, 0.1) is 0 Å². The van der Waals surface area contributed by atoms with E-state index in [-0.39, 0.29) is 23.1 Å². The van der Waals surface area contributed by atoms with Crippen molar-refractivity contribution >= 4 is 23.3 Å². The molecular weight excluding hydrogens is 318 g/mol. The molecule has 2 aromatic rings. The molecule has 2 amide bonds. The van der Waals surface area contributed by atoms with Gasteiger partial charge in [0.2, 0.25) is 0 Å². The van der Waals surface area contributed by atoms with E-state index in [9.17, 15) is 14.4 Å². The van der Waals surface area contributed by atoms with E-state index in [2.05, 4.69) is 15.6 Å². The first kappa shape index (κ1) is 18.3. The van der Waals surface area contributed by atoms with Gasteiger partial charge in [0.15, 0.2) is 5.78 Å². The zero-order valence-corrected chi connectivity index (χ0v) is 14.3. The van der Waals surface area contributed by atoms with Crippen molar-refractivity contribution in [1.82, 2.24) is 10.3 Å². The van der Waals surface area contributed by atoms with Crippen LogP contribution in [0.5, 0.6) is 0 Å². The summed E-state index contributed by atoms with van der Waals surface area (Å²) >= 11 is 0. The molecule has 2 N–H and O–H groups in total. The van der Waals surface area contributed by atoms with E-state index >= 15 is 0 Å². The van der Waals surface area contributed by atoms with Crippen molar-refractivity contribution in [3.05, 3.63) is 59.4 Å². The van der Waals surface area contributed by atoms with Crippen LogP contribution in [0.25, 0.3) is 0 Å². The van der Waals surface area contributed by atoms with E-state index < -0.39 is 5.91 Å². The van der Waals surface area contributed by atoms with Crippen LogP contribution in [0.4, 0.5) is 5.69 Å². The van der Waals surface area contributed by atoms with Gasteiger partial charge < -0.3 is 10.6 Å². The van der Waals surface area contributed by atoms with Crippen molar-refractivity contribution in [2.45, 2.75) is 26.7 Å². The number of unbranched alkanes of at least 4 members (excludes halogenated alkanes) is 1. The highest BCUT2D eigenvalue weighted by Gasteiger charge is 2.12. The Kier molecular flexibility index (Phi) is 6.39. The molecule has 25 heavy (non-hydrogen) atoms. The summed E-state index contributed by atoms with van der Waals surface area (Å²) in [6.45, 7) is 4.10. The minimum absolute atomic E-state index is 0.0404. The summed E-state index contributed by atoms with van der Waals surface area (Å²) in [7, 11) is 0. The van der Waals surface area contributed by atoms with Crippen LogP contribution >= 0.6 is 0 Å². The van der Waals surface area contributed by atoms with Crippen molar-refractivity contribution in [3.8, 4) is 0 Å². The van der Waals surface area contributed by atoms with Crippen LogP contribution in [-0.4, -0.2) is 29.1 Å². The van der Waals surface area contributed by atoms with Gasteiger partial charge in [0.05, 0.1) is 0 Å². The van der Waals surface area contributed by atoms with Gasteiger partial charge in [-0.15, -0.1) is 0 Å². The lowest BCUT2D eigenvalue weighted by atomic mass is 10.1. The Hall–Kier alpha value is -3.02. The van der Waals surface area contributed by atoms with Gasteiger partial charge in [-0.1, -0.05) is 19.4 Å². The van der Waals surface area contributed by atoms with E-state index in [1.165, 1.54) is 6.92 Å². The Morgan fingerprint density at radius 2 is 1.60 bits per heavy atom. The number of nitrogens with zero attached hydrogens (tertiary/aromatic N) is 1. The lowest BCUT2D eigenvalue weighted by Crippen LogP contribution is -2.26. The lowest BCUT2D eigenvalue weighted by Gasteiger charge is -2.07. The first-order chi connectivity index (χ1) is 12.0. The second-order valence-corrected chi connectivity index (χ2v) is 5.61. The zero-order valence-electron chi connectivity index (χ0n) is 14.3. The molecule has 1 aromatic heterocycles. The first-order valence-corrected chi connectivity index (χ1v) is 8.19. The number of aromatic nitrogens is 1. The third-order valence-corrected chi connectivity index (χ3v) is 3.58. The standard InChI is InChI=1S/C19H21N3O3/c1-3-4-12-20-18(24)16-6-5-7-17(22-16)19(25)21-15-10-8-14(9-11-15)13(2)23/h5-11H,3-4,12H2,1-2H3,(H,20,24)(H,21,25). The molecule has 130 valence electrons. The van der Waals surface area contributed by atoms with Crippen molar-refractivity contribution in [1.29, 1.82) is 0 Å². The molecular formula is C19H21N3O3. The fourth-order valence-corrected chi connectivity index (χ4v) is 2.14. The summed E-state index contributed by atoms with van der Waals surface area (Å²) in [6.07, 6.45) is 1.88. The molecule has 1 aromatic carbocycles. The third-order valence-electron chi connectivity index (χ3n) is 3.58. The molecule has 0 saturated heterocycles. The molecule has 1 heterocycles. The predicted molar refractivity (Wildman–Crippen MR) is 95.9 cm³/mol. The van der Waals surface area contributed by atoms with Gasteiger partial charge in [0.1, 0.15) is 11.4 Å². The number of Topliss-reactive ketones (excluding diaryl/α,β-unsaturated/α-hetero) is 1. The molecule has 0 spiro atoms. The van der Waals surface area contributed by atoms with Crippen LogP contribution in [0.1, 0.15) is 58.0 Å². The number of pyridine rings is 1. The molecule has 0 unspecified atom stereocenters. The topological polar surface area (TPSA) is 88.2 Å². The molecule has 0 aliphatic rings. The minimum atomic E-state index is -0.418. The van der Waals surface area contributed by atoms with Crippen molar-refractivity contribution in [3.63, 3.8) is 0 Å². The molecule has 0 radical (unpaired) electrons. The largest absolute Gasteiger partial charge is 0.351 e. The van der Waals surface area contributed by atoms with E-state index in [0.29, 0.717) is 17.8 Å². The lowest BCUT2D eigenvalue weighted by molar-refractivity contribution is 0.0947. The molecule has 6 heteroatoms. The number of hydrogen-bond acceptors (Lipinski definition) is 4. The average Bonchev–Trinajstić information content (AvgIpc) is 2.62. The van der Waals surface area contributed by atoms with Crippen LogP contribution in [0.2, 0.25) is 0 Å². The number of benzene rings is 1. The van der Waals surface area contributed by atoms with Gasteiger partial charge in [-0.05, 0) is 49.7 Å². The van der Waals surface area contributed by atoms with Crippen LogP contribution < -0.4 is 10.6 Å². The van der Waals surface area contributed by atoms with Crippen LogP contribution in [0.15, 0.2) is 42.5 Å². The Morgan fingerprint density at radius 3 is 2.20 bits per heavy atom. The molecule has 0 saturated carbocycles. The second kappa shape index (κ2) is 8.73. The second-order valence-electron chi connectivity index (χ2n) is 5.61. The summed E-state index contributed by atoms with van der Waals surface area (Å²) in [5, 5.41) is 5.47. The van der Waals surface area contributed by atoms with Gasteiger partial charge in [-0.2, -0.15) is 0 Å². The van der Waals surface area contributed by atoms with Crippen molar-refractivity contribution in [2.24, 2.45) is 0 Å². The summed E-state index contributed by atoms with van der Waals surface area (Å²) in [6, 6.07) is 11.3. The average molecular weight is 339 g/mol. The maximum atomic E-state index is 12.3. The zero-order chi connectivity index (χ0) is 18.2. The van der Waals surface area contributed by atoms with Crippen molar-refractivity contribution < 1.29 is 14.4 Å². The van der Waals surface area contributed by atoms with Gasteiger partial charge in [0.25, 0.3) is 11.8 Å². The van der Waals surface area contributed by atoms with Crippen LogP contribution in [-0.2, 0) is 0 Å². The monoisotopic (exact) mass is 339 g/mol. The first-order valence-electron chi connectivity index (χ1n) is 8.19. The van der Waals surface area contributed by atoms with E-state index in [4.69, 9.17) is 0 Å². The smallest absolute Gasteiger partial charge is 0.274 e. The molecule has 0 aliphatic carbocycles. The molecule has 0 fully saturated rings. The minimum Gasteiger partial charge on any atom is -0.351 e. The highest BCUT2D eigenvalue weighted by molar-refractivity contribution is 6.04. The highest BCUT2D eigenvalue weighted by atomic mass is 16.2. The summed E-state index contributed by atoms with van der Waals surface area (Å²) in [4.78, 5) is 39.7. The fourth-order valence-electron chi connectivity index (χ4n) is 2.14. The molecule has 0 bridgehead atoms. The number of carbonyl (C=O) groups is 3. The Morgan fingerprint density at radius 1 is 0.960 bits per heavy atom. The number of carbonyl (C=O) groups excluding carboxylic acids is 3. The maximum absolute atomic E-state index is 12.3. The third kappa shape index (κ3) is 5.24. The van der Waals surface area contributed by atoms with Crippen LogP contribution in [0.3, 0.4) is 0 Å².